The minimum absolute atomic E-state index is 0.513. The van der Waals surface area contributed by atoms with E-state index in [2.05, 4.69) is 313 Å². The fourth-order valence-electron chi connectivity index (χ4n) is 12.1. The summed E-state index contributed by atoms with van der Waals surface area (Å²) in [6.45, 7) is 0. The highest BCUT2D eigenvalue weighted by Crippen LogP contribution is 2.65. The predicted octanol–water partition coefficient (Wildman–Crippen LogP) is 19.6. The van der Waals surface area contributed by atoms with Crippen molar-refractivity contribution in [1.29, 1.82) is 0 Å². The minimum atomic E-state index is -0.513. The molecule has 2 heteroatoms. The van der Waals surface area contributed by atoms with E-state index in [0.717, 1.165) is 45.3 Å². The van der Waals surface area contributed by atoms with Crippen LogP contribution in [0.3, 0.4) is 0 Å². The van der Waals surface area contributed by atoms with Gasteiger partial charge in [-0.05, 0) is 150 Å². The predicted molar refractivity (Wildman–Crippen MR) is 314 cm³/mol. The molecule has 0 atom stereocenters. The highest BCUT2D eigenvalue weighted by atomic mass is 15.2. The van der Waals surface area contributed by atoms with Gasteiger partial charge in [-0.25, -0.2) is 0 Å². The van der Waals surface area contributed by atoms with Gasteiger partial charge in [0.05, 0.1) is 11.1 Å². The standard InChI is InChI=1S/C73H50N2/c1-4-17-51(18-5-1)54-31-41-59(42-32-54)74(60-43-33-55(34-44-60)52-19-6-2-7-20-52)61-45-35-57(36-46-61)58-39-49-63(50-40-58)75(62-47-37-56(38-48-62)53-21-8-3-9-22-53)71-30-16-26-67-66-25-12-15-29-70(66)73(72(67)71)68-27-13-10-23-64(68)65-24-11-14-28-69(65)73/h1-50H. The average molecular weight is 955 g/mol. The number of anilines is 6. The van der Waals surface area contributed by atoms with Gasteiger partial charge in [0.1, 0.15) is 0 Å². The maximum absolute atomic E-state index is 2.49. The largest absolute Gasteiger partial charge is 0.311 e. The molecule has 0 saturated heterocycles. The molecule has 12 aromatic rings. The third-order valence-electron chi connectivity index (χ3n) is 15.5. The quantitative estimate of drug-likeness (QED) is 0.135. The maximum atomic E-state index is 2.49. The van der Waals surface area contributed by atoms with E-state index in [4.69, 9.17) is 0 Å². The summed E-state index contributed by atoms with van der Waals surface area (Å²) in [5.74, 6) is 0. The molecule has 0 aliphatic heterocycles. The van der Waals surface area contributed by atoms with Crippen molar-refractivity contribution in [3.63, 3.8) is 0 Å². The Kier molecular flexibility index (Phi) is 10.8. The van der Waals surface area contributed by atoms with Gasteiger partial charge in [-0.15, -0.1) is 0 Å². The van der Waals surface area contributed by atoms with Gasteiger partial charge >= 0.3 is 0 Å². The maximum Gasteiger partial charge on any atom is 0.0746 e. The normalized spacial score (nSPS) is 12.4. The Morgan fingerprint density at radius 3 is 0.773 bits per heavy atom. The molecule has 0 fully saturated rings. The molecule has 352 valence electrons. The fourth-order valence-corrected chi connectivity index (χ4v) is 12.1. The molecule has 14 rings (SSSR count). The first-order chi connectivity index (χ1) is 37.2. The van der Waals surface area contributed by atoms with Crippen LogP contribution < -0.4 is 9.80 Å². The molecule has 0 saturated carbocycles. The van der Waals surface area contributed by atoms with E-state index in [1.807, 2.05) is 0 Å². The summed E-state index contributed by atoms with van der Waals surface area (Å²) in [7, 11) is 0. The van der Waals surface area contributed by atoms with Crippen molar-refractivity contribution in [3.05, 3.63) is 326 Å². The molecule has 0 unspecified atom stereocenters. The van der Waals surface area contributed by atoms with Gasteiger partial charge in [0.15, 0.2) is 0 Å². The Hall–Kier alpha value is -9.76. The summed E-state index contributed by atoms with van der Waals surface area (Å²) in [6.07, 6.45) is 0. The Balaban J connectivity index is 0.867. The van der Waals surface area contributed by atoms with Crippen LogP contribution in [0.4, 0.5) is 34.1 Å². The molecule has 0 amide bonds. The van der Waals surface area contributed by atoms with E-state index in [-0.39, 0.29) is 0 Å². The van der Waals surface area contributed by atoms with Crippen LogP contribution in [0, 0.1) is 0 Å². The van der Waals surface area contributed by atoms with E-state index in [0.29, 0.717) is 0 Å². The van der Waals surface area contributed by atoms with Crippen molar-refractivity contribution < 1.29 is 0 Å². The zero-order valence-corrected chi connectivity index (χ0v) is 41.3. The van der Waals surface area contributed by atoms with Crippen LogP contribution in [-0.2, 0) is 5.41 Å². The minimum Gasteiger partial charge on any atom is -0.311 e. The first-order valence-corrected chi connectivity index (χ1v) is 25.9. The number of fused-ring (bicyclic) bond motifs is 10. The topological polar surface area (TPSA) is 6.48 Å². The monoisotopic (exact) mass is 954 g/mol. The Morgan fingerprint density at radius 2 is 0.440 bits per heavy atom. The number of benzene rings is 12. The van der Waals surface area contributed by atoms with Gasteiger partial charge in [0.2, 0.25) is 0 Å². The van der Waals surface area contributed by atoms with Crippen LogP contribution in [0.5, 0.6) is 0 Å². The molecule has 1 spiro atoms. The molecule has 0 heterocycles. The molecule has 75 heavy (non-hydrogen) atoms. The molecule has 0 N–H and O–H groups in total. The smallest absolute Gasteiger partial charge is 0.0746 e. The Bertz CT molecular complexity index is 3850. The van der Waals surface area contributed by atoms with Gasteiger partial charge in [-0.3, -0.25) is 0 Å². The average Bonchev–Trinajstić information content (AvgIpc) is 4.15. The summed E-state index contributed by atoms with van der Waals surface area (Å²) in [4.78, 5) is 4.84. The van der Waals surface area contributed by atoms with Crippen molar-refractivity contribution in [2.45, 2.75) is 5.41 Å². The van der Waals surface area contributed by atoms with Crippen molar-refractivity contribution in [2.24, 2.45) is 0 Å². The first kappa shape index (κ1) is 44.0. The molecule has 2 aliphatic rings. The molecule has 2 aliphatic carbocycles. The molecule has 0 bridgehead atoms. The first-order valence-electron chi connectivity index (χ1n) is 25.9. The number of nitrogens with zero attached hydrogens (tertiary/aromatic N) is 2. The lowest BCUT2D eigenvalue weighted by Gasteiger charge is -2.36. The molecule has 12 aromatic carbocycles. The van der Waals surface area contributed by atoms with Crippen LogP contribution in [-0.4, -0.2) is 0 Å². The van der Waals surface area contributed by atoms with Crippen LogP contribution >= 0.6 is 0 Å². The Labute approximate surface area is 439 Å². The van der Waals surface area contributed by atoms with Gasteiger partial charge in [-0.1, -0.05) is 237 Å². The SMILES string of the molecule is c1ccc(-c2ccc(N(c3ccc(-c4ccccc4)cc3)c3ccc(-c4ccc(N(c5ccc(-c6ccccc6)cc5)c5cccc6c5C5(c7ccccc7-c7ccccc75)c5ccccc5-6)cc4)cc3)cc2)cc1. The number of rotatable bonds is 10. The van der Waals surface area contributed by atoms with Crippen LogP contribution in [0.25, 0.3) is 66.8 Å². The lowest BCUT2D eigenvalue weighted by atomic mass is 9.70. The second-order valence-corrected chi connectivity index (χ2v) is 19.6. The van der Waals surface area contributed by atoms with E-state index in [1.165, 1.54) is 77.9 Å². The second-order valence-electron chi connectivity index (χ2n) is 19.6. The summed E-state index contributed by atoms with van der Waals surface area (Å²) < 4.78 is 0. The van der Waals surface area contributed by atoms with E-state index < -0.39 is 5.41 Å². The molecule has 0 aromatic heterocycles. The lowest BCUT2D eigenvalue weighted by molar-refractivity contribution is 0.793. The van der Waals surface area contributed by atoms with Crippen LogP contribution in [0.2, 0.25) is 0 Å². The highest BCUT2D eigenvalue weighted by Gasteiger charge is 2.53. The molecule has 2 nitrogen and oxygen atoms in total. The zero-order chi connectivity index (χ0) is 49.7. The van der Waals surface area contributed by atoms with Crippen molar-refractivity contribution in [3.8, 4) is 66.8 Å². The van der Waals surface area contributed by atoms with Crippen molar-refractivity contribution >= 4 is 34.1 Å². The molecular formula is C73H50N2. The van der Waals surface area contributed by atoms with Crippen molar-refractivity contribution in [2.75, 3.05) is 9.80 Å². The molecular weight excluding hydrogens is 905 g/mol. The Morgan fingerprint density at radius 1 is 0.187 bits per heavy atom. The van der Waals surface area contributed by atoms with E-state index in [1.54, 1.807) is 0 Å². The molecule has 0 radical (unpaired) electrons. The second kappa shape index (κ2) is 18.4. The summed E-state index contributed by atoms with van der Waals surface area (Å²) >= 11 is 0. The van der Waals surface area contributed by atoms with E-state index in [9.17, 15) is 0 Å². The van der Waals surface area contributed by atoms with E-state index >= 15 is 0 Å². The van der Waals surface area contributed by atoms with Gasteiger partial charge in [-0.2, -0.15) is 0 Å². The van der Waals surface area contributed by atoms with Crippen molar-refractivity contribution in [1.82, 2.24) is 0 Å². The summed E-state index contributed by atoms with van der Waals surface area (Å²) in [5.41, 5.74) is 26.0. The van der Waals surface area contributed by atoms with Crippen LogP contribution in [0.15, 0.2) is 303 Å². The third kappa shape index (κ3) is 7.41. The third-order valence-corrected chi connectivity index (χ3v) is 15.5. The zero-order valence-electron chi connectivity index (χ0n) is 41.3. The van der Waals surface area contributed by atoms with Gasteiger partial charge in [0, 0.05) is 34.0 Å². The summed E-state index contributed by atoms with van der Waals surface area (Å²) in [6, 6.07) is 111. The number of hydrogen-bond donors (Lipinski definition) is 0. The lowest BCUT2D eigenvalue weighted by Crippen LogP contribution is -2.28. The van der Waals surface area contributed by atoms with Gasteiger partial charge < -0.3 is 9.80 Å². The number of hydrogen-bond acceptors (Lipinski definition) is 2. The highest BCUT2D eigenvalue weighted by molar-refractivity contribution is 6.00. The summed E-state index contributed by atoms with van der Waals surface area (Å²) in [5, 5.41) is 0. The fraction of sp³-hybridized carbons (Fsp3) is 0.0137. The van der Waals surface area contributed by atoms with Crippen LogP contribution in [0.1, 0.15) is 22.3 Å². The van der Waals surface area contributed by atoms with Gasteiger partial charge in [0.25, 0.3) is 0 Å².